The maximum Gasteiger partial charge on any atom is 0.218 e. The first-order valence-electron chi connectivity index (χ1n) is 6.68. The zero-order valence-electron chi connectivity index (χ0n) is 11.8. The summed E-state index contributed by atoms with van der Waals surface area (Å²) < 4.78 is 5.54. The molecule has 0 saturated heterocycles. The fourth-order valence-electron chi connectivity index (χ4n) is 1.86. The highest BCUT2D eigenvalue weighted by Crippen LogP contribution is 2.15. The summed E-state index contributed by atoms with van der Waals surface area (Å²) in [4.78, 5) is 8.26. The molecule has 0 spiro atoms. The van der Waals surface area contributed by atoms with Gasteiger partial charge in [-0.15, -0.1) is 0 Å². The SMILES string of the molecule is CC(C)Oc1cc(NCc2ccccc2CN)ncn1. The largest absolute Gasteiger partial charge is 0.475 e. The van der Waals surface area contributed by atoms with Gasteiger partial charge in [0.25, 0.3) is 0 Å². The van der Waals surface area contributed by atoms with Crippen molar-refractivity contribution in [3.8, 4) is 5.88 Å². The molecule has 1 aromatic carbocycles. The van der Waals surface area contributed by atoms with Gasteiger partial charge < -0.3 is 15.8 Å². The zero-order valence-corrected chi connectivity index (χ0v) is 11.8. The molecule has 2 aromatic rings. The predicted molar refractivity (Wildman–Crippen MR) is 79.5 cm³/mol. The van der Waals surface area contributed by atoms with Crippen LogP contribution in [0.3, 0.4) is 0 Å². The van der Waals surface area contributed by atoms with E-state index in [1.165, 1.54) is 11.9 Å². The third-order valence-electron chi connectivity index (χ3n) is 2.80. The minimum absolute atomic E-state index is 0.0933. The molecule has 0 bridgehead atoms. The zero-order chi connectivity index (χ0) is 14.4. The Morgan fingerprint density at radius 2 is 1.95 bits per heavy atom. The molecule has 1 aromatic heterocycles. The van der Waals surface area contributed by atoms with Crippen molar-refractivity contribution in [2.45, 2.75) is 33.0 Å². The Morgan fingerprint density at radius 1 is 1.20 bits per heavy atom. The van der Waals surface area contributed by atoms with Crippen molar-refractivity contribution in [1.82, 2.24) is 9.97 Å². The maximum atomic E-state index is 5.73. The Hall–Kier alpha value is -2.14. The Morgan fingerprint density at radius 3 is 2.65 bits per heavy atom. The smallest absolute Gasteiger partial charge is 0.218 e. The minimum atomic E-state index is 0.0933. The van der Waals surface area contributed by atoms with E-state index in [9.17, 15) is 0 Å². The summed E-state index contributed by atoms with van der Waals surface area (Å²) in [6.07, 6.45) is 1.59. The van der Waals surface area contributed by atoms with Gasteiger partial charge in [-0.1, -0.05) is 24.3 Å². The van der Waals surface area contributed by atoms with E-state index < -0.39 is 0 Å². The monoisotopic (exact) mass is 272 g/mol. The van der Waals surface area contributed by atoms with Crippen molar-refractivity contribution in [3.63, 3.8) is 0 Å². The Balaban J connectivity index is 2.03. The van der Waals surface area contributed by atoms with Crippen molar-refractivity contribution < 1.29 is 4.74 Å². The molecule has 0 saturated carbocycles. The molecular formula is C15H20N4O. The van der Waals surface area contributed by atoms with E-state index in [0.717, 1.165) is 11.4 Å². The van der Waals surface area contributed by atoms with E-state index in [-0.39, 0.29) is 6.10 Å². The first-order chi connectivity index (χ1) is 9.69. The first kappa shape index (κ1) is 14.3. The number of nitrogens with two attached hydrogens (primary N) is 1. The molecule has 0 aliphatic rings. The van der Waals surface area contributed by atoms with E-state index >= 15 is 0 Å². The highest BCUT2D eigenvalue weighted by atomic mass is 16.5. The van der Waals surface area contributed by atoms with E-state index in [1.54, 1.807) is 6.07 Å². The first-order valence-corrected chi connectivity index (χ1v) is 6.68. The standard InChI is InChI=1S/C15H20N4O/c1-11(2)20-15-7-14(18-10-19-15)17-9-13-6-4-3-5-12(13)8-16/h3-7,10-11H,8-9,16H2,1-2H3,(H,17,18,19). The molecule has 2 rings (SSSR count). The van der Waals surface area contributed by atoms with Crippen LogP contribution >= 0.6 is 0 Å². The highest BCUT2D eigenvalue weighted by Gasteiger charge is 2.03. The molecule has 0 unspecified atom stereocenters. The normalized spacial score (nSPS) is 10.6. The summed E-state index contributed by atoms with van der Waals surface area (Å²) in [7, 11) is 0. The van der Waals surface area contributed by atoms with Crippen LogP contribution in [-0.2, 0) is 13.1 Å². The van der Waals surface area contributed by atoms with Crippen LogP contribution in [0.4, 0.5) is 5.82 Å². The van der Waals surface area contributed by atoms with E-state index in [2.05, 4.69) is 21.4 Å². The molecule has 0 radical (unpaired) electrons. The molecule has 0 amide bonds. The lowest BCUT2D eigenvalue weighted by atomic mass is 10.1. The van der Waals surface area contributed by atoms with Gasteiger partial charge in [0.2, 0.25) is 5.88 Å². The lowest BCUT2D eigenvalue weighted by Gasteiger charge is -2.11. The van der Waals surface area contributed by atoms with E-state index in [4.69, 9.17) is 10.5 Å². The lowest BCUT2D eigenvalue weighted by Crippen LogP contribution is -2.09. The number of aromatic nitrogens is 2. The molecule has 0 aliphatic carbocycles. The van der Waals surface area contributed by atoms with Gasteiger partial charge >= 0.3 is 0 Å². The molecular weight excluding hydrogens is 252 g/mol. The second-order valence-corrected chi connectivity index (χ2v) is 4.73. The molecule has 0 fully saturated rings. The summed E-state index contributed by atoms with van der Waals surface area (Å²) in [5.74, 6) is 1.31. The number of rotatable bonds is 6. The number of hydrogen-bond acceptors (Lipinski definition) is 5. The highest BCUT2D eigenvalue weighted by molar-refractivity contribution is 5.39. The van der Waals surface area contributed by atoms with Crippen LogP contribution in [0.1, 0.15) is 25.0 Å². The second kappa shape index (κ2) is 6.86. The predicted octanol–water partition coefficient (Wildman–Crippen LogP) is 2.33. The van der Waals surface area contributed by atoms with Crippen LogP contribution in [-0.4, -0.2) is 16.1 Å². The van der Waals surface area contributed by atoms with Crippen LogP contribution in [0.2, 0.25) is 0 Å². The summed E-state index contributed by atoms with van der Waals surface area (Å²) in [5, 5.41) is 3.26. The number of nitrogens with zero attached hydrogens (tertiary/aromatic N) is 2. The lowest BCUT2D eigenvalue weighted by molar-refractivity contribution is 0.232. The quantitative estimate of drug-likeness (QED) is 0.844. The minimum Gasteiger partial charge on any atom is -0.475 e. The third-order valence-corrected chi connectivity index (χ3v) is 2.80. The molecule has 3 N–H and O–H groups in total. The molecule has 5 heteroatoms. The summed E-state index contributed by atoms with van der Waals surface area (Å²) in [6.45, 7) is 5.13. The van der Waals surface area contributed by atoms with Gasteiger partial charge in [0.05, 0.1) is 6.10 Å². The van der Waals surface area contributed by atoms with Crippen molar-refractivity contribution >= 4 is 5.82 Å². The molecule has 106 valence electrons. The van der Waals surface area contributed by atoms with Gasteiger partial charge in [-0.25, -0.2) is 9.97 Å². The number of anilines is 1. The van der Waals surface area contributed by atoms with Crippen LogP contribution in [0.25, 0.3) is 0 Å². The van der Waals surface area contributed by atoms with Gasteiger partial charge in [0.15, 0.2) is 0 Å². The summed E-state index contributed by atoms with van der Waals surface area (Å²) >= 11 is 0. The summed E-state index contributed by atoms with van der Waals surface area (Å²) in [5.41, 5.74) is 8.02. The van der Waals surface area contributed by atoms with Gasteiger partial charge in [-0.05, 0) is 25.0 Å². The second-order valence-electron chi connectivity index (χ2n) is 4.73. The fraction of sp³-hybridized carbons (Fsp3) is 0.333. The topological polar surface area (TPSA) is 73.1 Å². The van der Waals surface area contributed by atoms with Gasteiger partial charge in [-0.2, -0.15) is 0 Å². The number of ether oxygens (including phenoxy) is 1. The van der Waals surface area contributed by atoms with Crippen LogP contribution in [0.15, 0.2) is 36.7 Å². The van der Waals surface area contributed by atoms with Crippen molar-refractivity contribution in [1.29, 1.82) is 0 Å². The molecule has 0 aliphatic heterocycles. The molecule has 5 nitrogen and oxygen atoms in total. The van der Waals surface area contributed by atoms with Crippen LogP contribution in [0.5, 0.6) is 5.88 Å². The fourth-order valence-corrected chi connectivity index (χ4v) is 1.86. The van der Waals surface area contributed by atoms with Crippen molar-refractivity contribution in [2.75, 3.05) is 5.32 Å². The van der Waals surface area contributed by atoms with Crippen LogP contribution in [0, 0.1) is 0 Å². The average Bonchev–Trinajstić information content (AvgIpc) is 2.45. The van der Waals surface area contributed by atoms with E-state index in [0.29, 0.717) is 19.0 Å². The molecule has 1 heterocycles. The Kier molecular flexibility index (Phi) is 4.90. The van der Waals surface area contributed by atoms with Gasteiger partial charge in [0, 0.05) is 19.2 Å². The molecule has 0 atom stereocenters. The van der Waals surface area contributed by atoms with Crippen molar-refractivity contribution in [3.05, 3.63) is 47.8 Å². The number of hydrogen-bond donors (Lipinski definition) is 2. The summed E-state index contributed by atoms with van der Waals surface area (Å²) in [6, 6.07) is 9.88. The Labute approximate surface area is 119 Å². The van der Waals surface area contributed by atoms with E-state index in [1.807, 2.05) is 32.0 Å². The molecule has 20 heavy (non-hydrogen) atoms. The van der Waals surface area contributed by atoms with Gasteiger partial charge in [0.1, 0.15) is 12.1 Å². The van der Waals surface area contributed by atoms with Crippen molar-refractivity contribution in [2.24, 2.45) is 5.73 Å². The van der Waals surface area contributed by atoms with Gasteiger partial charge in [-0.3, -0.25) is 0 Å². The number of nitrogens with one attached hydrogen (secondary N) is 1. The number of benzene rings is 1. The maximum absolute atomic E-state index is 5.73. The average molecular weight is 272 g/mol. The third kappa shape index (κ3) is 3.93. The Bertz CT molecular complexity index is 557. The van der Waals surface area contributed by atoms with Crippen LogP contribution < -0.4 is 15.8 Å².